The van der Waals surface area contributed by atoms with Crippen LogP contribution in [0.1, 0.15) is 12.0 Å². The molecule has 1 heterocycles. The maximum absolute atomic E-state index is 11.6. The Balaban J connectivity index is 0.00000200. The Morgan fingerprint density at radius 2 is 1.95 bits per heavy atom. The summed E-state index contributed by atoms with van der Waals surface area (Å²) in [5.41, 5.74) is 7.54. The number of hydrogen-bond donors (Lipinski definition) is 2. The number of carbonyl (C=O) groups excluding carboxylic acids is 1. The van der Waals surface area contributed by atoms with Crippen molar-refractivity contribution in [3.05, 3.63) is 48.3 Å². The van der Waals surface area contributed by atoms with Gasteiger partial charge in [-0.15, -0.1) is 24.8 Å². The van der Waals surface area contributed by atoms with Gasteiger partial charge in [0, 0.05) is 37.6 Å². The second-order valence-electron chi connectivity index (χ2n) is 4.36. The van der Waals surface area contributed by atoms with E-state index < -0.39 is 0 Å². The van der Waals surface area contributed by atoms with Crippen LogP contribution in [-0.2, 0) is 17.8 Å². The number of carbonyl (C=O) groups is 1. The first-order valence-corrected chi connectivity index (χ1v) is 6.32. The quantitative estimate of drug-likeness (QED) is 0.796. The molecule has 0 radical (unpaired) electrons. The molecule has 0 atom stereocenters. The third-order valence-corrected chi connectivity index (χ3v) is 2.84. The molecule has 0 aliphatic rings. The van der Waals surface area contributed by atoms with Gasteiger partial charge < -0.3 is 11.1 Å². The lowest BCUT2D eigenvalue weighted by atomic mass is 10.1. The van der Waals surface area contributed by atoms with Gasteiger partial charge in [-0.25, -0.2) is 0 Å². The number of nitrogens with one attached hydrogen (secondary N) is 1. The van der Waals surface area contributed by atoms with E-state index in [0.29, 0.717) is 19.5 Å². The Bertz CT molecular complexity index is 514. The van der Waals surface area contributed by atoms with Gasteiger partial charge in [0.2, 0.25) is 5.91 Å². The van der Waals surface area contributed by atoms with Crippen molar-refractivity contribution in [2.45, 2.75) is 19.4 Å². The number of hydrogen-bond acceptors (Lipinski definition) is 3. The molecule has 0 fully saturated rings. The van der Waals surface area contributed by atoms with Gasteiger partial charge in [-0.3, -0.25) is 9.48 Å². The molecule has 1 amide bonds. The number of halogens is 2. The highest BCUT2D eigenvalue weighted by Crippen LogP contribution is 2.05. The minimum atomic E-state index is 0. The topological polar surface area (TPSA) is 72.9 Å². The van der Waals surface area contributed by atoms with Crippen LogP contribution in [0.15, 0.2) is 42.7 Å². The van der Waals surface area contributed by atoms with E-state index in [4.69, 9.17) is 5.73 Å². The number of amides is 1. The predicted octanol–water partition coefficient (Wildman–Crippen LogP) is 2.06. The molecular weight excluding hydrogens is 311 g/mol. The van der Waals surface area contributed by atoms with Crippen molar-refractivity contribution in [2.24, 2.45) is 0 Å². The molecule has 0 saturated heterocycles. The molecule has 0 aliphatic heterocycles. The van der Waals surface area contributed by atoms with Gasteiger partial charge in [0.1, 0.15) is 0 Å². The summed E-state index contributed by atoms with van der Waals surface area (Å²) < 4.78 is 1.75. The number of benzene rings is 1. The second-order valence-corrected chi connectivity index (χ2v) is 4.36. The summed E-state index contributed by atoms with van der Waals surface area (Å²) in [5.74, 6) is 0.0472. The molecule has 0 saturated carbocycles. The third kappa shape index (κ3) is 7.02. The zero-order valence-electron chi connectivity index (χ0n) is 11.6. The summed E-state index contributed by atoms with van der Waals surface area (Å²) in [7, 11) is 0. The standard InChI is InChI=1S/C14H18N4O.2ClH/c15-13-4-2-12(3-5-13)6-9-16-14(19)7-11-18-10-1-8-17-18;;/h1-5,8,10H,6-7,9,11,15H2,(H,16,19);2*1H. The molecule has 0 bridgehead atoms. The van der Waals surface area contributed by atoms with Gasteiger partial charge in [-0.1, -0.05) is 12.1 Å². The monoisotopic (exact) mass is 330 g/mol. The maximum Gasteiger partial charge on any atom is 0.221 e. The van der Waals surface area contributed by atoms with E-state index in [0.717, 1.165) is 12.1 Å². The van der Waals surface area contributed by atoms with Crippen LogP contribution >= 0.6 is 24.8 Å². The highest BCUT2D eigenvalue weighted by molar-refractivity contribution is 5.85. The summed E-state index contributed by atoms with van der Waals surface area (Å²) in [5, 5.41) is 6.95. The van der Waals surface area contributed by atoms with Crippen LogP contribution in [-0.4, -0.2) is 22.2 Å². The molecule has 2 rings (SSSR count). The van der Waals surface area contributed by atoms with E-state index in [1.54, 1.807) is 10.9 Å². The molecule has 116 valence electrons. The zero-order chi connectivity index (χ0) is 13.5. The normalized spacial score (nSPS) is 9.33. The highest BCUT2D eigenvalue weighted by atomic mass is 35.5. The second kappa shape index (κ2) is 10.1. The molecule has 7 heteroatoms. The van der Waals surface area contributed by atoms with Crippen LogP contribution in [0.5, 0.6) is 0 Å². The number of nitrogen functional groups attached to an aromatic ring is 1. The van der Waals surface area contributed by atoms with Gasteiger partial charge >= 0.3 is 0 Å². The van der Waals surface area contributed by atoms with Crippen LogP contribution in [0, 0.1) is 0 Å². The summed E-state index contributed by atoms with van der Waals surface area (Å²) in [6.45, 7) is 1.25. The van der Waals surface area contributed by atoms with Crippen molar-refractivity contribution in [3.63, 3.8) is 0 Å². The molecule has 1 aromatic heterocycles. The molecule has 1 aromatic carbocycles. The fourth-order valence-electron chi connectivity index (χ4n) is 1.77. The first-order chi connectivity index (χ1) is 9.24. The first kappa shape index (κ1) is 19.3. The van der Waals surface area contributed by atoms with Gasteiger partial charge in [0.15, 0.2) is 0 Å². The zero-order valence-corrected chi connectivity index (χ0v) is 13.2. The smallest absolute Gasteiger partial charge is 0.221 e. The summed E-state index contributed by atoms with van der Waals surface area (Å²) >= 11 is 0. The largest absolute Gasteiger partial charge is 0.399 e. The molecule has 0 spiro atoms. The average molecular weight is 331 g/mol. The number of rotatable bonds is 6. The lowest BCUT2D eigenvalue weighted by Gasteiger charge is -2.06. The van der Waals surface area contributed by atoms with Gasteiger partial charge in [0.25, 0.3) is 0 Å². The van der Waals surface area contributed by atoms with Crippen LogP contribution in [0.4, 0.5) is 5.69 Å². The minimum absolute atomic E-state index is 0. The summed E-state index contributed by atoms with van der Waals surface area (Å²) in [6.07, 6.45) is 4.82. The SMILES string of the molecule is Cl.Cl.Nc1ccc(CCNC(=O)CCn2cccn2)cc1. The molecular formula is C14H20Cl2N4O. The van der Waals surface area contributed by atoms with Gasteiger partial charge in [0.05, 0.1) is 0 Å². The fraction of sp³-hybridized carbons (Fsp3) is 0.286. The minimum Gasteiger partial charge on any atom is -0.399 e. The lowest BCUT2D eigenvalue weighted by Crippen LogP contribution is -2.26. The van der Waals surface area contributed by atoms with Crippen molar-refractivity contribution >= 4 is 36.4 Å². The van der Waals surface area contributed by atoms with Crippen molar-refractivity contribution in [1.82, 2.24) is 15.1 Å². The van der Waals surface area contributed by atoms with E-state index >= 15 is 0 Å². The fourth-order valence-corrected chi connectivity index (χ4v) is 1.77. The molecule has 0 unspecified atom stereocenters. The molecule has 5 nitrogen and oxygen atoms in total. The molecule has 3 N–H and O–H groups in total. The Morgan fingerprint density at radius 3 is 2.57 bits per heavy atom. The van der Waals surface area contributed by atoms with Gasteiger partial charge in [-0.05, 0) is 30.2 Å². The molecule has 0 aliphatic carbocycles. The van der Waals surface area contributed by atoms with Crippen LogP contribution in [0.2, 0.25) is 0 Å². The van der Waals surface area contributed by atoms with E-state index in [2.05, 4.69) is 10.4 Å². The van der Waals surface area contributed by atoms with E-state index in [1.165, 1.54) is 5.56 Å². The molecule has 2 aromatic rings. The van der Waals surface area contributed by atoms with Crippen molar-refractivity contribution < 1.29 is 4.79 Å². The summed E-state index contributed by atoms with van der Waals surface area (Å²) in [4.78, 5) is 11.6. The molecule has 21 heavy (non-hydrogen) atoms. The highest BCUT2D eigenvalue weighted by Gasteiger charge is 2.01. The van der Waals surface area contributed by atoms with E-state index in [9.17, 15) is 4.79 Å². The van der Waals surface area contributed by atoms with E-state index in [1.807, 2.05) is 36.5 Å². The van der Waals surface area contributed by atoms with Crippen LogP contribution in [0.25, 0.3) is 0 Å². The van der Waals surface area contributed by atoms with Crippen molar-refractivity contribution in [1.29, 1.82) is 0 Å². The number of nitrogens with zero attached hydrogens (tertiary/aromatic N) is 2. The van der Waals surface area contributed by atoms with E-state index in [-0.39, 0.29) is 30.7 Å². The van der Waals surface area contributed by atoms with Crippen LogP contribution in [0.3, 0.4) is 0 Å². The number of nitrogens with two attached hydrogens (primary N) is 1. The lowest BCUT2D eigenvalue weighted by molar-refractivity contribution is -0.121. The average Bonchev–Trinajstić information content (AvgIpc) is 2.92. The Kier molecular flexibility index (Phi) is 9.25. The Labute approximate surface area is 136 Å². The van der Waals surface area contributed by atoms with Crippen LogP contribution < -0.4 is 11.1 Å². The Hall–Kier alpha value is -1.72. The van der Waals surface area contributed by atoms with Crippen molar-refractivity contribution in [3.8, 4) is 0 Å². The number of anilines is 1. The number of aromatic nitrogens is 2. The maximum atomic E-state index is 11.6. The predicted molar refractivity (Wildman–Crippen MR) is 88.9 cm³/mol. The first-order valence-electron chi connectivity index (χ1n) is 6.32. The van der Waals surface area contributed by atoms with Gasteiger partial charge in [-0.2, -0.15) is 5.10 Å². The number of aryl methyl sites for hydroxylation is 1. The van der Waals surface area contributed by atoms with Crippen molar-refractivity contribution in [2.75, 3.05) is 12.3 Å². The third-order valence-electron chi connectivity index (χ3n) is 2.84. The summed E-state index contributed by atoms with van der Waals surface area (Å²) in [6, 6.07) is 9.54. The Morgan fingerprint density at radius 1 is 1.24 bits per heavy atom.